The molecule has 0 unspecified atom stereocenters. The number of fused-ring (bicyclic) bond motifs is 1. The quantitative estimate of drug-likeness (QED) is 0.495. The molecule has 0 aliphatic heterocycles. The summed E-state index contributed by atoms with van der Waals surface area (Å²) in [6.07, 6.45) is 1.24. The fourth-order valence-corrected chi connectivity index (χ4v) is 1.46. The zero-order chi connectivity index (χ0) is 8.55. The average Bonchev–Trinajstić information content (AvgIpc) is 2.49. The van der Waals surface area contributed by atoms with Gasteiger partial charge in [-0.15, -0.1) is 11.3 Å². The third-order valence-corrected chi connectivity index (χ3v) is 2.13. The van der Waals surface area contributed by atoms with Crippen molar-refractivity contribution in [2.75, 3.05) is 0 Å². The Balaban J connectivity index is 2.68. The van der Waals surface area contributed by atoms with Crippen LogP contribution in [0.3, 0.4) is 0 Å². The number of pyridine rings is 1. The van der Waals surface area contributed by atoms with Crippen LogP contribution in [0.5, 0.6) is 0 Å². The van der Waals surface area contributed by atoms with E-state index in [0.29, 0.717) is 5.52 Å². The molecule has 0 radical (unpaired) electrons. The minimum Gasteiger partial charge on any atom is -0.258 e. The van der Waals surface area contributed by atoms with Crippen molar-refractivity contribution in [3.63, 3.8) is 0 Å². The van der Waals surface area contributed by atoms with Gasteiger partial charge in [-0.3, -0.25) is 10.1 Å². The molecule has 0 saturated heterocycles. The van der Waals surface area contributed by atoms with E-state index in [1.54, 1.807) is 5.51 Å². The largest absolute Gasteiger partial charge is 0.289 e. The van der Waals surface area contributed by atoms with Gasteiger partial charge >= 0.3 is 0 Å². The number of hydrogen-bond acceptors (Lipinski definition) is 5. The lowest BCUT2D eigenvalue weighted by Crippen LogP contribution is -1.88. The maximum atomic E-state index is 10.3. The summed E-state index contributed by atoms with van der Waals surface area (Å²) in [5.41, 5.74) is 2.17. The number of rotatable bonds is 1. The molecule has 0 atom stereocenters. The first-order chi connectivity index (χ1) is 5.77. The molecule has 0 aromatic carbocycles. The first kappa shape index (κ1) is 7.11. The van der Waals surface area contributed by atoms with Gasteiger partial charge in [0.05, 0.1) is 10.4 Å². The van der Waals surface area contributed by atoms with Gasteiger partial charge in [0, 0.05) is 6.07 Å². The lowest BCUT2D eigenvalue weighted by molar-refractivity contribution is -0.385. The van der Waals surface area contributed by atoms with Crippen LogP contribution in [0.1, 0.15) is 0 Å². The van der Waals surface area contributed by atoms with Gasteiger partial charge in [-0.05, 0) is 0 Å². The molecule has 2 rings (SSSR count). The van der Waals surface area contributed by atoms with E-state index in [-0.39, 0.29) is 5.69 Å². The van der Waals surface area contributed by atoms with E-state index in [0.717, 1.165) is 4.83 Å². The summed E-state index contributed by atoms with van der Waals surface area (Å²) < 4.78 is 0. The lowest BCUT2D eigenvalue weighted by atomic mass is 10.4. The molecule has 2 aromatic heterocycles. The fraction of sp³-hybridized carbons (Fsp3) is 0. The van der Waals surface area contributed by atoms with E-state index < -0.39 is 4.92 Å². The number of hydrogen-bond donors (Lipinski definition) is 0. The molecular weight excluding hydrogens is 178 g/mol. The molecule has 2 heterocycles. The molecule has 0 spiro atoms. The van der Waals surface area contributed by atoms with Gasteiger partial charge in [-0.2, -0.15) is 0 Å². The molecule has 0 amide bonds. The van der Waals surface area contributed by atoms with E-state index in [1.165, 1.54) is 23.6 Å². The summed E-state index contributed by atoms with van der Waals surface area (Å²) in [6, 6.07) is 1.42. The Kier molecular flexibility index (Phi) is 1.47. The Hall–Kier alpha value is -1.56. The standard InChI is InChI=1S/C6H3N3O2S/c10-9(11)4-1-5-6(7-2-4)12-3-8-5/h1-3H. The number of aromatic nitrogens is 2. The smallest absolute Gasteiger partial charge is 0.258 e. The highest BCUT2D eigenvalue weighted by Crippen LogP contribution is 2.19. The maximum Gasteiger partial charge on any atom is 0.289 e. The molecule has 60 valence electrons. The lowest BCUT2D eigenvalue weighted by Gasteiger charge is -1.88. The van der Waals surface area contributed by atoms with Gasteiger partial charge < -0.3 is 0 Å². The molecular formula is C6H3N3O2S. The fourth-order valence-electron chi connectivity index (χ4n) is 0.846. The molecule has 0 N–H and O–H groups in total. The third-order valence-electron chi connectivity index (χ3n) is 1.38. The normalized spacial score (nSPS) is 10.3. The number of nitro groups is 1. The average molecular weight is 181 g/mol. The first-order valence-electron chi connectivity index (χ1n) is 3.11. The molecule has 0 aliphatic carbocycles. The third kappa shape index (κ3) is 1.02. The van der Waals surface area contributed by atoms with Crippen LogP contribution in [0.2, 0.25) is 0 Å². The molecule has 0 aliphatic rings. The molecule has 0 saturated carbocycles. The Morgan fingerprint density at radius 1 is 1.50 bits per heavy atom. The Bertz CT molecular complexity index is 439. The van der Waals surface area contributed by atoms with E-state index in [2.05, 4.69) is 9.97 Å². The highest BCUT2D eigenvalue weighted by atomic mass is 32.1. The summed E-state index contributed by atoms with van der Waals surface area (Å²) in [5.74, 6) is 0. The van der Waals surface area contributed by atoms with Crippen molar-refractivity contribution >= 4 is 27.4 Å². The minimum absolute atomic E-state index is 0.0200. The summed E-state index contributed by atoms with van der Waals surface area (Å²) in [4.78, 5) is 18.3. The Morgan fingerprint density at radius 3 is 3.08 bits per heavy atom. The molecule has 0 bridgehead atoms. The van der Waals surface area contributed by atoms with Gasteiger partial charge in [-0.25, -0.2) is 9.97 Å². The molecule has 12 heavy (non-hydrogen) atoms. The number of thiazole rings is 1. The van der Waals surface area contributed by atoms with E-state index in [4.69, 9.17) is 0 Å². The van der Waals surface area contributed by atoms with Crippen molar-refractivity contribution in [2.24, 2.45) is 0 Å². The second-order valence-electron chi connectivity index (χ2n) is 2.13. The maximum absolute atomic E-state index is 10.3. The van der Waals surface area contributed by atoms with Crippen LogP contribution in [0, 0.1) is 10.1 Å². The van der Waals surface area contributed by atoms with Crippen LogP contribution in [0.15, 0.2) is 17.8 Å². The zero-order valence-electron chi connectivity index (χ0n) is 5.80. The molecule has 2 aromatic rings. The predicted molar refractivity (Wildman–Crippen MR) is 44.1 cm³/mol. The van der Waals surface area contributed by atoms with Crippen LogP contribution in [0.4, 0.5) is 5.69 Å². The molecule has 0 fully saturated rings. The first-order valence-corrected chi connectivity index (χ1v) is 3.99. The predicted octanol–water partition coefficient (Wildman–Crippen LogP) is 1.60. The van der Waals surface area contributed by atoms with Crippen molar-refractivity contribution in [3.05, 3.63) is 27.9 Å². The molecule has 6 heteroatoms. The van der Waals surface area contributed by atoms with Crippen molar-refractivity contribution < 1.29 is 4.92 Å². The van der Waals surface area contributed by atoms with Gasteiger partial charge in [-0.1, -0.05) is 0 Å². The summed E-state index contributed by atoms with van der Waals surface area (Å²) in [6.45, 7) is 0. The molecule has 5 nitrogen and oxygen atoms in total. The van der Waals surface area contributed by atoms with E-state index in [9.17, 15) is 10.1 Å². The number of nitrogens with zero attached hydrogens (tertiary/aromatic N) is 3. The van der Waals surface area contributed by atoms with E-state index in [1.807, 2.05) is 0 Å². The van der Waals surface area contributed by atoms with Crippen molar-refractivity contribution in [3.8, 4) is 0 Å². The second-order valence-corrected chi connectivity index (χ2v) is 2.96. The van der Waals surface area contributed by atoms with Gasteiger partial charge in [0.25, 0.3) is 5.69 Å². The highest BCUT2D eigenvalue weighted by molar-refractivity contribution is 7.16. The van der Waals surface area contributed by atoms with Crippen molar-refractivity contribution in [1.82, 2.24) is 9.97 Å². The van der Waals surface area contributed by atoms with Gasteiger partial charge in [0.2, 0.25) is 0 Å². The Morgan fingerprint density at radius 2 is 2.33 bits per heavy atom. The SMILES string of the molecule is O=[N+]([O-])c1cnc2scnc2c1. The summed E-state index contributed by atoms with van der Waals surface area (Å²) in [5, 5.41) is 10.3. The van der Waals surface area contributed by atoms with E-state index >= 15 is 0 Å². The van der Waals surface area contributed by atoms with Crippen LogP contribution in [0.25, 0.3) is 10.3 Å². The summed E-state index contributed by atoms with van der Waals surface area (Å²) in [7, 11) is 0. The highest BCUT2D eigenvalue weighted by Gasteiger charge is 2.07. The van der Waals surface area contributed by atoms with Crippen LogP contribution in [-0.4, -0.2) is 14.9 Å². The second kappa shape index (κ2) is 2.49. The van der Waals surface area contributed by atoms with Crippen LogP contribution >= 0.6 is 11.3 Å². The van der Waals surface area contributed by atoms with Gasteiger partial charge in [0.1, 0.15) is 16.5 Å². The monoisotopic (exact) mass is 181 g/mol. The minimum atomic E-state index is -0.480. The topological polar surface area (TPSA) is 68.9 Å². The van der Waals surface area contributed by atoms with Crippen molar-refractivity contribution in [1.29, 1.82) is 0 Å². The summed E-state index contributed by atoms with van der Waals surface area (Å²) >= 11 is 1.36. The van der Waals surface area contributed by atoms with Gasteiger partial charge in [0.15, 0.2) is 0 Å². The zero-order valence-corrected chi connectivity index (χ0v) is 6.61. The van der Waals surface area contributed by atoms with Crippen LogP contribution in [-0.2, 0) is 0 Å². The van der Waals surface area contributed by atoms with Crippen LogP contribution < -0.4 is 0 Å². The van der Waals surface area contributed by atoms with Crippen molar-refractivity contribution in [2.45, 2.75) is 0 Å². The Labute approximate surface area is 70.8 Å².